The highest BCUT2D eigenvalue weighted by Crippen LogP contribution is 2.35. The molecule has 1 unspecified atom stereocenters. The zero-order valence-electron chi connectivity index (χ0n) is 16.0. The zero-order chi connectivity index (χ0) is 19.4. The Morgan fingerprint density at radius 2 is 2.14 bits per heavy atom. The van der Waals surface area contributed by atoms with Gasteiger partial charge in [0.25, 0.3) is 0 Å². The fraction of sp³-hybridized carbons (Fsp3) is 0.526. The Kier molecular flexibility index (Phi) is 5.61. The molecule has 2 N–H and O–H groups in total. The summed E-state index contributed by atoms with van der Waals surface area (Å²) in [5.41, 5.74) is 1.17. The number of amides is 1. The minimum Gasteiger partial charge on any atom is -0.344 e. The predicted molar refractivity (Wildman–Crippen MR) is 109 cm³/mol. The lowest BCUT2D eigenvalue weighted by Crippen LogP contribution is -2.51. The van der Waals surface area contributed by atoms with Gasteiger partial charge in [0.2, 0.25) is 5.91 Å². The number of hydrogen-bond acceptors (Lipinski definition) is 6. The fourth-order valence-corrected chi connectivity index (χ4v) is 4.47. The molecule has 2 heterocycles. The molecule has 4 rings (SSSR count). The SMILES string of the molecule is CSCCC(NC(=O)C1(n2cnnn2)CCCCC1)c1nc2ccccc2[nH]1. The second-order valence-corrected chi connectivity index (χ2v) is 8.28. The predicted octanol–water partition coefficient (Wildman–Crippen LogP) is 2.82. The lowest BCUT2D eigenvalue weighted by molar-refractivity contribution is -0.133. The van der Waals surface area contributed by atoms with Gasteiger partial charge in [0.15, 0.2) is 0 Å². The lowest BCUT2D eigenvalue weighted by atomic mass is 9.80. The standard InChI is InChI=1S/C19H25N7OS/c1-28-12-9-16(17-21-14-7-3-4-8-15(14)22-17)23-18(27)19(10-5-2-6-11-19)26-13-20-24-25-26/h3-4,7-8,13,16H,2,5-6,9-12H2,1H3,(H,21,22)(H,23,27). The number of H-pyrrole nitrogens is 1. The van der Waals surface area contributed by atoms with Crippen LogP contribution in [0.4, 0.5) is 0 Å². The van der Waals surface area contributed by atoms with Crippen LogP contribution in [0.25, 0.3) is 11.0 Å². The van der Waals surface area contributed by atoms with E-state index in [9.17, 15) is 4.79 Å². The first kappa shape index (κ1) is 18.9. The monoisotopic (exact) mass is 399 g/mol. The van der Waals surface area contributed by atoms with Crippen molar-refractivity contribution in [1.82, 2.24) is 35.5 Å². The molecule has 8 nitrogen and oxygen atoms in total. The number of fused-ring (bicyclic) bond motifs is 1. The zero-order valence-corrected chi connectivity index (χ0v) is 16.8. The quantitative estimate of drug-likeness (QED) is 0.633. The van der Waals surface area contributed by atoms with Crippen LogP contribution < -0.4 is 5.32 Å². The number of aromatic nitrogens is 6. The maximum Gasteiger partial charge on any atom is 0.248 e. The Morgan fingerprint density at radius 3 is 2.86 bits per heavy atom. The van der Waals surface area contributed by atoms with Gasteiger partial charge in [-0.1, -0.05) is 31.4 Å². The van der Waals surface area contributed by atoms with E-state index in [1.165, 1.54) is 0 Å². The molecule has 1 amide bonds. The first-order valence-electron chi connectivity index (χ1n) is 9.71. The number of benzene rings is 1. The average molecular weight is 400 g/mol. The van der Waals surface area contributed by atoms with E-state index in [0.29, 0.717) is 0 Å². The molecule has 148 valence electrons. The number of carbonyl (C=O) groups excluding carboxylic acids is 1. The van der Waals surface area contributed by atoms with E-state index >= 15 is 0 Å². The molecule has 0 saturated heterocycles. The van der Waals surface area contributed by atoms with Crippen LogP contribution in [0.3, 0.4) is 0 Å². The topological polar surface area (TPSA) is 101 Å². The van der Waals surface area contributed by atoms with Gasteiger partial charge in [0, 0.05) is 0 Å². The Labute approximate surface area is 167 Å². The third-order valence-corrected chi connectivity index (χ3v) is 6.19. The van der Waals surface area contributed by atoms with E-state index in [0.717, 1.165) is 61.1 Å². The van der Waals surface area contributed by atoms with Crippen molar-refractivity contribution < 1.29 is 4.79 Å². The van der Waals surface area contributed by atoms with Crippen LogP contribution >= 0.6 is 11.8 Å². The highest BCUT2D eigenvalue weighted by Gasteiger charge is 2.43. The lowest BCUT2D eigenvalue weighted by Gasteiger charge is -2.36. The van der Waals surface area contributed by atoms with Gasteiger partial charge in [-0.15, -0.1) is 5.10 Å². The van der Waals surface area contributed by atoms with Gasteiger partial charge in [-0.25, -0.2) is 9.67 Å². The first-order chi connectivity index (χ1) is 13.7. The number of nitrogens with zero attached hydrogens (tertiary/aromatic N) is 5. The number of hydrogen-bond donors (Lipinski definition) is 2. The molecule has 1 aliphatic rings. The molecule has 1 aromatic carbocycles. The molecule has 1 atom stereocenters. The molecule has 2 aromatic heterocycles. The number of thioether (sulfide) groups is 1. The van der Waals surface area contributed by atoms with Crippen LogP contribution in [0.2, 0.25) is 0 Å². The van der Waals surface area contributed by atoms with E-state index < -0.39 is 5.54 Å². The molecule has 0 aliphatic heterocycles. The first-order valence-corrected chi connectivity index (χ1v) is 11.1. The molecule has 28 heavy (non-hydrogen) atoms. The Morgan fingerprint density at radius 1 is 1.32 bits per heavy atom. The largest absolute Gasteiger partial charge is 0.344 e. The molecule has 1 aliphatic carbocycles. The van der Waals surface area contributed by atoms with Gasteiger partial charge in [0.1, 0.15) is 17.7 Å². The smallest absolute Gasteiger partial charge is 0.248 e. The fourth-order valence-electron chi connectivity index (χ4n) is 4.00. The summed E-state index contributed by atoms with van der Waals surface area (Å²) in [5.74, 6) is 1.71. The summed E-state index contributed by atoms with van der Waals surface area (Å²) in [7, 11) is 0. The number of para-hydroxylation sites is 2. The van der Waals surface area contributed by atoms with E-state index in [1.54, 1.807) is 22.8 Å². The molecule has 1 saturated carbocycles. The van der Waals surface area contributed by atoms with Gasteiger partial charge in [-0.05, 0) is 53.8 Å². The molecule has 9 heteroatoms. The van der Waals surface area contributed by atoms with Crippen molar-refractivity contribution >= 4 is 28.7 Å². The molecule has 0 spiro atoms. The number of tetrazole rings is 1. The summed E-state index contributed by atoms with van der Waals surface area (Å²) in [6, 6.07) is 7.75. The molecular formula is C19H25N7OS. The van der Waals surface area contributed by atoms with Gasteiger partial charge in [-0.3, -0.25) is 4.79 Å². The van der Waals surface area contributed by atoms with Gasteiger partial charge >= 0.3 is 0 Å². The van der Waals surface area contributed by atoms with Crippen LogP contribution in [-0.2, 0) is 10.3 Å². The minimum atomic E-state index is -0.717. The minimum absolute atomic E-state index is 0.0222. The highest BCUT2D eigenvalue weighted by atomic mass is 32.2. The summed E-state index contributed by atoms with van der Waals surface area (Å²) in [6.07, 6.45) is 9.05. The summed E-state index contributed by atoms with van der Waals surface area (Å²) in [5, 5.41) is 14.9. The average Bonchev–Trinajstić information content (AvgIpc) is 3.41. The van der Waals surface area contributed by atoms with Crippen molar-refractivity contribution in [1.29, 1.82) is 0 Å². The molecule has 0 bridgehead atoms. The number of carbonyl (C=O) groups is 1. The second-order valence-electron chi connectivity index (χ2n) is 7.29. The summed E-state index contributed by atoms with van der Waals surface area (Å²) in [6.45, 7) is 0. The van der Waals surface area contributed by atoms with Crippen molar-refractivity contribution in [2.45, 2.75) is 50.1 Å². The van der Waals surface area contributed by atoms with Gasteiger partial charge < -0.3 is 10.3 Å². The summed E-state index contributed by atoms with van der Waals surface area (Å²) >= 11 is 1.76. The Hall–Kier alpha value is -2.42. The normalized spacial score (nSPS) is 17.5. The van der Waals surface area contributed by atoms with E-state index in [-0.39, 0.29) is 11.9 Å². The third-order valence-electron chi connectivity index (χ3n) is 5.54. The second kappa shape index (κ2) is 8.30. The number of imidazole rings is 1. The molecule has 3 aromatic rings. The van der Waals surface area contributed by atoms with Crippen LogP contribution in [0.1, 0.15) is 50.4 Å². The highest BCUT2D eigenvalue weighted by molar-refractivity contribution is 7.98. The Bertz CT molecular complexity index is 884. The molecule has 0 radical (unpaired) electrons. The van der Waals surface area contributed by atoms with Crippen molar-refractivity contribution in [3.63, 3.8) is 0 Å². The number of aromatic amines is 1. The third kappa shape index (κ3) is 3.63. The molecular weight excluding hydrogens is 374 g/mol. The maximum absolute atomic E-state index is 13.5. The van der Waals surface area contributed by atoms with Crippen LogP contribution in [-0.4, -0.2) is 48.1 Å². The van der Waals surface area contributed by atoms with Crippen LogP contribution in [0.5, 0.6) is 0 Å². The van der Waals surface area contributed by atoms with Gasteiger partial charge in [0.05, 0.1) is 17.1 Å². The van der Waals surface area contributed by atoms with Crippen molar-refractivity contribution in [2.75, 3.05) is 12.0 Å². The summed E-state index contributed by atoms with van der Waals surface area (Å²) < 4.78 is 1.64. The van der Waals surface area contributed by atoms with E-state index in [4.69, 9.17) is 4.98 Å². The molecule has 1 fully saturated rings. The van der Waals surface area contributed by atoms with Crippen LogP contribution in [0, 0.1) is 0 Å². The van der Waals surface area contributed by atoms with Crippen molar-refractivity contribution in [2.24, 2.45) is 0 Å². The van der Waals surface area contributed by atoms with E-state index in [1.807, 2.05) is 24.3 Å². The van der Waals surface area contributed by atoms with Crippen LogP contribution in [0.15, 0.2) is 30.6 Å². The van der Waals surface area contributed by atoms with Crippen molar-refractivity contribution in [3.05, 3.63) is 36.4 Å². The number of nitrogens with one attached hydrogen (secondary N) is 2. The Balaban J connectivity index is 1.62. The summed E-state index contributed by atoms with van der Waals surface area (Å²) in [4.78, 5) is 21.6. The number of rotatable bonds is 7. The van der Waals surface area contributed by atoms with Gasteiger partial charge in [-0.2, -0.15) is 11.8 Å². The van der Waals surface area contributed by atoms with E-state index in [2.05, 4.69) is 32.1 Å². The maximum atomic E-state index is 13.5. The van der Waals surface area contributed by atoms with Crippen molar-refractivity contribution in [3.8, 4) is 0 Å².